The van der Waals surface area contributed by atoms with Crippen molar-refractivity contribution in [2.75, 3.05) is 26.7 Å². The van der Waals surface area contributed by atoms with Crippen LogP contribution in [0.15, 0.2) is 0 Å². The maximum Gasteiger partial charge on any atom is 0.237 e. The molecule has 114 valence electrons. The third kappa shape index (κ3) is 3.94. The second kappa shape index (κ2) is 7.61. The molecule has 1 amide bonds. The van der Waals surface area contributed by atoms with Crippen molar-refractivity contribution in [2.24, 2.45) is 0 Å². The van der Waals surface area contributed by atoms with E-state index in [0.717, 1.165) is 32.1 Å². The number of nitriles is 1. The Hall–Kier alpha value is -1.12. The van der Waals surface area contributed by atoms with Crippen LogP contribution in [0.4, 0.5) is 0 Å². The Balaban J connectivity index is 2.72. The number of carbonyl (C=O) groups excluding carboxylic acids is 1. The van der Waals surface area contributed by atoms with Crippen molar-refractivity contribution in [1.29, 1.82) is 5.26 Å². The molecular formula is C15H27N3O2. The van der Waals surface area contributed by atoms with Crippen LogP contribution in [-0.2, 0) is 4.79 Å². The van der Waals surface area contributed by atoms with Gasteiger partial charge in [0.25, 0.3) is 0 Å². The van der Waals surface area contributed by atoms with Crippen LogP contribution in [0.25, 0.3) is 0 Å². The van der Waals surface area contributed by atoms with E-state index in [-0.39, 0.29) is 25.1 Å². The van der Waals surface area contributed by atoms with Crippen LogP contribution in [0.1, 0.15) is 46.0 Å². The van der Waals surface area contributed by atoms with Gasteiger partial charge in [0.1, 0.15) is 5.54 Å². The Morgan fingerprint density at radius 2 is 1.95 bits per heavy atom. The van der Waals surface area contributed by atoms with Crippen LogP contribution < -0.4 is 0 Å². The molecule has 5 heteroatoms. The van der Waals surface area contributed by atoms with E-state index in [4.69, 9.17) is 5.11 Å². The monoisotopic (exact) mass is 281 g/mol. The predicted octanol–water partition coefficient (Wildman–Crippen LogP) is 1.37. The summed E-state index contributed by atoms with van der Waals surface area (Å²) in [5, 5.41) is 18.6. The van der Waals surface area contributed by atoms with Crippen LogP contribution in [0.3, 0.4) is 0 Å². The van der Waals surface area contributed by atoms with Crippen molar-refractivity contribution in [3.63, 3.8) is 0 Å². The Labute approximate surface area is 122 Å². The lowest BCUT2D eigenvalue weighted by molar-refractivity contribution is -0.136. The standard InChI is InChI=1S/C15H27N3O2/c1-13(2)18(9-10-19)11-14(20)17(3)15(12-16)7-5-4-6-8-15/h13,19H,4-11H2,1-3H3. The molecular weight excluding hydrogens is 254 g/mol. The molecule has 0 saturated heterocycles. The van der Waals surface area contributed by atoms with Crippen molar-refractivity contribution in [2.45, 2.75) is 57.5 Å². The van der Waals surface area contributed by atoms with Gasteiger partial charge in [0.05, 0.1) is 19.2 Å². The van der Waals surface area contributed by atoms with E-state index in [0.29, 0.717) is 6.54 Å². The molecule has 1 fully saturated rings. The summed E-state index contributed by atoms with van der Waals surface area (Å²) in [5.74, 6) is -0.0319. The molecule has 1 aliphatic carbocycles. The SMILES string of the molecule is CC(C)N(CCO)CC(=O)N(C)C1(C#N)CCCCC1. The van der Waals surface area contributed by atoms with E-state index in [1.165, 1.54) is 0 Å². The molecule has 1 N–H and O–H groups in total. The topological polar surface area (TPSA) is 67.6 Å². The summed E-state index contributed by atoms with van der Waals surface area (Å²) in [6.07, 6.45) is 4.71. The Morgan fingerprint density at radius 1 is 1.35 bits per heavy atom. The fraction of sp³-hybridized carbons (Fsp3) is 0.867. The lowest BCUT2D eigenvalue weighted by Gasteiger charge is -2.40. The molecule has 0 unspecified atom stereocenters. The van der Waals surface area contributed by atoms with Gasteiger partial charge in [-0.05, 0) is 26.7 Å². The lowest BCUT2D eigenvalue weighted by atomic mass is 9.81. The third-order valence-corrected chi connectivity index (χ3v) is 4.36. The van der Waals surface area contributed by atoms with Crippen molar-refractivity contribution in [3.8, 4) is 6.07 Å². The number of likely N-dealkylation sites (N-methyl/N-ethyl adjacent to an activating group) is 1. The largest absolute Gasteiger partial charge is 0.395 e. The first-order valence-electron chi connectivity index (χ1n) is 7.49. The number of aliphatic hydroxyl groups is 1. The number of aliphatic hydroxyl groups excluding tert-OH is 1. The average Bonchev–Trinajstić information content (AvgIpc) is 2.46. The minimum Gasteiger partial charge on any atom is -0.395 e. The van der Waals surface area contributed by atoms with Crippen LogP contribution in [0.5, 0.6) is 0 Å². The van der Waals surface area contributed by atoms with Crippen molar-refractivity contribution < 1.29 is 9.90 Å². The second-order valence-electron chi connectivity index (χ2n) is 5.94. The molecule has 0 radical (unpaired) electrons. The second-order valence-corrected chi connectivity index (χ2v) is 5.94. The molecule has 5 nitrogen and oxygen atoms in total. The van der Waals surface area contributed by atoms with Crippen LogP contribution in [0.2, 0.25) is 0 Å². The van der Waals surface area contributed by atoms with E-state index in [2.05, 4.69) is 6.07 Å². The number of rotatable bonds is 6. The van der Waals surface area contributed by atoms with Gasteiger partial charge in [-0.3, -0.25) is 9.69 Å². The summed E-state index contributed by atoms with van der Waals surface area (Å²) in [7, 11) is 1.74. The number of hydrogen-bond donors (Lipinski definition) is 1. The highest BCUT2D eigenvalue weighted by Crippen LogP contribution is 2.32. The molecule has 20 heavy (non-hydrogen) atoms. The molecule has 0 aromatic carbocycles. The maximum atomic E-state index is 12.4. The molecule has 1 saturated carbocycles. The molecule has 0 heterocycles. The van der Waals surface area contributed by atoms with Gasteiger partial charge in [0.2, 0.25) is 5.91 Å². The lowest BCUT2D eigenvalue weighted by Crippen LogP contribution is -2.53. The molecule has 0 spiro atoms. The molecule has 0 aromatic rings. The molecule has 0 bridgehead atoms. The van der Waals surface area contributed by atoms with Gasteiger partial charge < -0.3 is 10.0 Å². The van der Waals surface area contributed by atoms with Gasteiger partial charge in [0, 0.05) is 19.6 Å². The molecule has 0 aromatic heterocycles. The van der Waals surface area contributed by atoms with Crippen LogP contribution in [0, 0.1) is 11.3 Å². The van der Waals surface area contributed by atoms with Gasteiger partial charge in [-0.2, -0.15) is 5.26 Å². The first-order valence-corrected chi connectivity index (χ1v) is 7.49. The Bertz CT molecular complexity index is 357. The van der Waals surface area contributed by atoms with Crippen LogP contribution >= 0.6 is 0 Å². The smallest absolute Gasteiger partial charge is 0.237 e. The highest BCUT2D eigenvalue weighted by Gasteiger charge is 2.39. The fourth-order valence-corrected chi connectivity index (χ4v) is 2.83. The van der Waals surface area contributed by atoms with E-state index in [9.17, 15) is 10.1 Å². The summed E-state index contributed by atoms with van der Waals surface area (Å²) in [4.78, 5) is 16.0. The fourth-order valence-electron chi connectivity index (χ4n) is 2.83. The van der Waals surface area contributed by atoms with Gasteiger partial charge in [-0.15, -0.1) is 0 Å². The third-order valence-electron chi connectivity index (χ3n) is 4.36. The number of amides is 1. The summed E-state index contributed by atoms with van der Waals surface area (Å²) < 4.78 is 0. The average molecular weight is 281 g/mol. The highest BCUT2D eigenvalue weighted by molar-refractivity contribution is 5.79. The quantitative estimate of drug-likeness (QED) is 0.798. The zero-order chi connectivity index (χ0) is 15.2. The van der Waals surface area contributed by atoms with Crippen molar-refractivity contribution in [3.05, 3.63) is 0 Å². The van der Waals surface area contributed by atoms with Crippen molar-refractivity contribution >= 4 is 5.91 Å². The van der Waals surface area contributed by atoms with E-state index in [1.54, 1.807) is 11.9 Å². The van der Waals surface area contributed by atoms with E-state index < -0.39 is 5.54 Å². The van der Waals surface area contributed by atoms with E-state index >= 15 is 0 Å². The summed E-state index contributed by atoms with van der Waals surface area (Å²) in [6, 6.07) is 2.57. The normalized spacial score (nSPS) is 18.1. The highest BCUT2D eigenvalue weighted by atomic mass is 16.3. The minimum absolute atomic E-state index is 0.0319. The maximum absolute atomic E-state index is 12.4. The molecule has 0 atom stereocenters. The zero-order valence-corrected chi connectivity index (χ0v) is 12.9. The Kier molecular flexibility index (Phi) is 6.44. The number of nitrogens with zero attached hydrogens (tertiary/aromatic N) is 3. The van der Waals surface area contributed by atoms with E-state index in [1.807, 2.05) is 18.7 Å². The number of hydrogen-bond acceptors (Lipinski definition) is 4. The first kappa shape index (κ1) is 16.9. The first-order chi connectivity index (χ1) is 9.46. The summed E-state index contributed by atoms with van der Waals surface area (Å²) in [6.45, 7) is 4.79. The van der Waals surface area contributed by atoms with Gasteiger partial charge >= 0.3 is 0 Å². The Morgan fingerprint density at radius 3 is 2.40 bits per heavy atom. The van der Waals surface area contributed by atoms with Crippen LogP contribution in [-0.4, -0.2) is 59.1 Å². The zero-order valence-electron chi connectivity index (χ0n) is 12.9. The molecule has 0 aliphatic heterocycles. The van der Waals surface area contributed by atoms with Gasteiger partial charge in [0.15, 0.2) is 0 Å². The van der Waals surface area contributed by atoms with Crippen molar-refractivity contribution in [1.82, 2.24) is 9.80 Å². The summed E-state index contributed by atoms with van der Waals surface area (Å²) >= 11 is 0. The predicted molar refractivity (Wildman–Crippen MR) is 78.0 cm³/mol. The van der Waals surface area contributed by atoms with Gasteiger partial charge in [-0.25, -0.2) is 0 Å². The van der Waals surface area contributed by atoms with Gasteiger partial charge in [-0.1, -0.05) is 19.3 Å². The molecule has 1 rings (SSSR count). The minimum atomic E-state index is -0.628. The number of carbonyl (C=O) groups is 1. The molecule has 1 aliphatic rings. The summed E-state index contributed by atoms with van der Waals surface area (Å²) in [5.41, 5.74) is -0.628.